The molecule has 0 aliphatic heterocycles. The molecule has 0 aromatic heterocycles. The SMILES string of the molecule is CC(C)(C)NC(=O)C(Cc1ccccc1)N(Cc1ccc(F)cc1)C(=O)COc1ccc(Cl)cc1Br. The summed E-state index contributed by atoms with van der Waals surface area (Å²) in [5, 5.41) is 3.53. The van der Waals surface area contributed by atoms with Gasteiger partial charge in [-0.25, -0.2) is 4.39 Å². The highest BCUT2D eigenvalue weighted by Gasteiger charge is 2.32. The van der Waals surface area contributed by atoms with E-state index in [-0.39, 0.29) is 30.8 Å². The molecule has 0 spiro atoms. The molecule has 0 aliphatic carbocycles. The molecule has 0 fully saturated rings. The van der Waals surface area contributed by atoms with Gasteiger partial charge in [-0.05, 0) is 78.2 Å². The van der Waals surface area contributed by atoms with Crippen LogP contribution in [0.15, 0.2) is 77.3 Å². The number of hydrogen-bond donors (Lipinski definition) is 1. The van der Waals surface area contributed by atoms with E-state index in [4.69, 9.17) is 16.3 Å². The molecule has 3 aromatic carbocycles. The Morgan fingerprint density at radius 2 is 1.69 bits per heavy atom. The summed E-state index contributed by atoms with van der Waals surface area (Å²) in [5.74, 6) is -0.590. The second-order valence-corrected chi connectivity index (χ2v) is 10.7. The molecule has 8 heteroatoms. The van der Waals surface area contributed by atoms with Crippen molar-refractivity contribution in [1.82, 2.24) is 10.2 Å². The number of nitrogens with one attached hydrogen (secondary N) is 1. The number of carbonyl (C=O) groups excluding carboxylic acids is 2. The molecule has 36 heavy (non-hydrogen) atoms. The molecule has 3 rings (SSSR count). The number of rotatable bonds is 9. The Balaban J connectivity index is 1.93. The molecule has 0 heterocycles. The minimum atomic E-state index is -0.818. The van der Waals surface area contributed by atoms with Crippen molar-refractivity contribution in [2.45, 2.75) is 45.3 Å². The summed E-state index contributed by atoms with van der Waals surface area (Å²) in [4.78, 5) is 28.6. The summed E-state index contributed by atoms with van der Waals surface area (Å²) in [6.07, 6.45) is 0.306. The highest BCUT2D eigenvalue weighted by molar-refractivity contribution is 9.10. The first-order valence-corrected chi connectivity index (χ1v) is 12.7. The van der Waals surface area contributed by atoms with E-state index in [1.165, 1.54) is 17.0 Å². The van der Waals surface area contributed by atoms with Crippen molar-refractivity contribution in [1.29, 1.82) is 0 Å². The number of hydrogen-bond acceptors (Lipinski definition) is 3. The molecule has 0 saturated heterocycles. The van der Waals surface area contributed by atoms with Gasteiger partial charge in [0.25, 0.3) is 5.91 Å². The average molecular weight is 576 g/mol. The van der Waals surface area contributed by atoms with Crippen LogP contribution in [0.1, 0.15) is 31.9 Å². The fourth-order valence-corrected chi connectivity index (χ4v) is 4.41. The van der Waals surface area contributed by atoms with Gasteiger partial charge in [0, 0.05) is 23.5 Å². The summed E-state index contributed by atoms with van der Waals surface area (Å²) < 4.78 is 19.9. The van der Waals surface area contributed by atoms with Crippen molar-refractivity contribution >= 4 is 39.3 Å². The monoisotopic (exact) mass is 574 g/mol. The molecule has 1 atom stereocenters. The molecule has 0 saturated carbocycles. The molecule has 2 amide bonds. The van der Waals surface area contributed by atoms with E-state index < -0.39 is 11.6 Å². The van der Waals surface area contributed by atoms with Gasteiger partial charge in [0.05, 0.1) is 4.47 Å². The van der Waals surface area contributed by atoms with Crippen LogP contribution in [0.3, 0.4) is 0 Å². The van der Waals surface area contributed by atoms with Crippen molar-refractivity contribution in [2.75, 3.05) is 6.61 Å². The zero-order valence-electron chi connectivity index (χ0n) is 20.4. The van der Waals surface area contributed by atoms with E-state index in [0.29, 0.717) is 27.2 Å². The molecule has 3 aromatic rings. The Bertz CT molecular complexity index is 1180. The largest absolute Gasteiger partial charge is 0.483 e. The van der Waals surface area contributed by atoms with Crippen LogP contribution in [0.2, 0.25) is 5.02 Å². The van der Waals surface area contributed by atoms with Gasteiger partial charge in [0.15, 0.2) is 6.61 Å². The van der Waals surface area contributed by atoms with Crippen molar-refractivity contribution in [3.8, 4) is 5.75 Å². The first kappa shape index (κ1) is 27.7. The third-order valence-corrected chi connectivity index (χ3v) is 6.14. The molecular weight excluding hydrogens is 547 g/mol. The normalized spacial score (nSPS) is 12.1. The maximum atomic E-state index is 13.6. The second-order valence-electron chi connectivity index (χ2n) is 9.46. The van der Waals surface area contributed by atoms with E-state index in [0.717, 1.165) is 5.56 Å². The lowest BCUT2D eigenvalue weighted by molar-refractivity contribution is -0.143. The lowest BCUT2D eigenvalue weighted by Gasteiger charge is -2.33. The Morgan fingerprint density at radius 1 is 1.03 bits per heavy atom. The van der Waals surface area contributed by atoms with Crippen molar-refractivity contribution < 1.29 is 18.7 Å². The molecule has 0 aliphatic rings. The van der Waals surface area contributed by atoms with Gasteiger partial charge < -0.3 is 15.0 Å². The zero-order chi connectivity index (χ0) is 26.3. The molecule has 0 radical (unpaired) electrons. The molecule has 1 unspecified atom stereocenters. The average Bonchev–Trinajstić information content (AvgIpc) is 2.81. The topological polar surface area (TPSA) is 58.6 Å². The zero-order valence-corrected chi connectivity index (χ0v) is 22.8. The number of ether oxygens (including phenoxy) is 1. The van der Waals surface area contributed by atoms with Gasteiger partial charge >= 0.3 is 0 Å². The fraction of sp³-hybridized carbons (Fsp3) is 0.286. The maximum Gasteiger partial charge on any atom is 0.261 e. The summed E-state index contributed by atoms with van der Waals surface area (Å²) in [6, 6.07) is 19.6. The Labute approximate surface area is 224 Å². The van der Waals surface area contributed by atoms with Gasteiger partial charge in [0.1, 0.15) is 17.6 Å². The molecule has 0 bridgehead atoms. The Morgan fingerprint density at radius 3 is 2.31 bits per heavy atom. The molecule has 5 nitrogen and oxygen atoms in total. The van der Waals surface area contributed by atoms with Crippen LogP contribution in [-0.4, -0.2) is 34.9 Å². The van der Waals surface area contributed by atoms with E-state index in [2.05, 4.69) is 21.2 Å². The molecule has 1 N–H and O–H groups in total. The maximum absolute atomic E-state index is 13.6. The van der Waals surface area contributed by atoms with Crippen LogP contribution >= 0.6 is 27.5 Å². The summed E-state index contributed by atoms with van der Waals surface area (Å²) in [5.41, 5.74) is 1.10. The predicted molar refractivity (Wildman–Crippen MR) is 143 cm³/mol. The van der Waals surface area contributed by atoms with E-state index >= 15 is 0 Å². The summed E-state index contributed by atoms with van der Waals surface area (Å²) >= 11 is 9.40. The van der Waals surface area contributed by atoms with Gasteiger partial charge in [0.2, 0.25) is 5.91 Å². The van der Waals surface area contributed by atoms with Crippen LogP contribution < -0.4 is 10.1 Å². The third-order valence-electron chi connectivity index (χ3n) is 5.28. The summed E-state index contributed by atoms with van der Waals surface area (Å²) in [7, 11) is 0. The molecule has 190 valence electrons. The summed E-state index contributed by atoms with van der Waals surface area (Å²) in [6.45, 7) is 5.47. The van der Waals surface area contributed by atoms with Gasteiger partial charge in [-0.1, -0.05) is 54.1 Å². The van der Waals surface area contributed by atoms with Crippen LogP contribution in [0.4, 0.5) is 4.39 Å². The van der Waals surface area contributed by atoms with Crippen LogP contribution in [0.5, 0.6) is 5.75 Å². The second kappa shape index (κ2) is 12.4. The van der Waals surface area contributed by atoms with E-state index in [1.807, 2.05) is 51.1 Å². The van der Waals surface area contributed by atoms with Crippen LogP contribution in [0, 0.1) is 5.82 Å². The lowest BCUT2D eigenvalue weighted by atomic mass is 10.0. The Kier molecular flexibility index (Phi) is 9.51. The number of halogens is 3. The third kappa shape index (κ3) is 8.35. The number of nitrogens with zero attached hydrogens (tertiary/aromatic N) is 1. The number of carbonyl (C=O) groups is 2. The van der Waals surface area contributed by atoms with Crippen LogP contribution in [-0.2, 0) is 22.6 Å². The molecular formula is C28H29BrClFN2O3. The van der Waals surface area contributed by atoms with Crippen molar-refractivity contribution in [3.05, 3.63) is 99.2 Å². The minimum absolute atomic E-state index is 0.110. The smallest absolute Gasteiger partial charge is 0.261 e. The highest BCUT2D eigenvalue weighted by atomic mass is 79.9. The first-order chi connectivity index (χ1) is 17.0. The number of amides is 2. The fourth-order valence-electron chi connectivity index (χ4n) is 3.61. The number of benzene rings is 3. The van der Waals surface area contributed by atoms with Gasteiger partial charge in [-0.3, -0.25) is 9.59 Å². The highest BCUT2D eigenvalue weighted by Crippen LogP contribution is 2.28. The Hall–Kier alpha value is -2.90. The van der Waals surface area contributed by atoms with E-state index in [9.17, 15) is 14.0 Å². The standard InChI is InChI=1S/C28H29BrClFN2O3/c1-28(2,3)32-27(35)24(15-19-7-5-4-6-8-19)33(17-20-9-12-22(31)13-10-20)26(34)18-36-25-14-11-21(30)16-23(25)29/h4-14,16,24H,15,17-18H2,1-3H3,(H,32,35). The van der Waals surface area contributed by atoms with Gasteiger partial charge in [-0.2, -0.15) is 0 Å². The first-order valence-electron chi connectivity index (χ1n) is 11.5. The van der Waals surface area contributed by atoms with Crippen molar-refractivity contribution in [2.24, 2.45) is 0 Å². The van der Waals surface area contributed by atoms with Gasteiger partial charge in [-0.15, -0.1) is 0 Å². The van der Waals surface area contributed by atoms with Crippen molar-refractivity contribution in [3.63, 3.8) is 0 Å². The predicted octanol–water partition coefficient (Wildman–Crippen LogP) is 6.18. The quantitative estimate of drug-likeness (QED) is 0.332. The lowest BCUT2D eigenvalue weighted by Crippen LogP contribution is -2.55. The minimum Gasteiger partial charge on any atom is -0.483 e. The van der Waals surface area contributed by atoms with E-state index in [1.54, 1.807) is 30.3 Å². The van der Waals surface area contributed by atoms with Crippen LogP contribution in [0.25, 0.3) is 0 Å².